The zero-order valence-electron chi connectivity index (χ0n) is 68.8. The molecule has 0 aliphatic carbocycles. The van der Waals surface area contributed by atoms with Gasteiger partial charge in [-0.3, -0.25) is 32.5 Å². The van der Waals surface area contributed by atoms with E-state index in [1.807, 2.05) is 0 Å². The number of phosphoric ester groups is 2. The van der Waals surface area contributed by atoms with Crippen LogP contribution in [0.25, 0.3) is 0 Å². The number of esters is 3. The van der Waals surface area contributed by atoms with Crippen molar-refractivity contribution < 1.29 is 75.8 Å². The Morgan fingerprint density at radius 3 is 0.721 bits per heavy atom. The number of carbonyl (C=O) groups excluding carboxylic acids is 3. The summed E-state index contributed by atoms with van der Waals surface area (Å²) in [6.45, 7) is 2.26. The number of carbonyl (C=O) groups is 3. The topological polar surface area (TPSA) is 231 Å². The Bertz CT molecular complexity index is 2850. The van der Waals surface area contributed by atoms with Gasteiger partial charge in [-0.2, -0.15) is 0 Å². The van der Waals surface area contributed by atoms with Crippen LogP contribution in [0.4, 0.5) is 0 Å². The highest BCUT2D eigenvalue weighted by atomic mass is 31.2. The van der Waals surface area contributed by atoms with Crippen LogP contribution in [-0.4, -0.2) is 95.9 Å². The van der Waals surface area contributed by atoms with Crippen LogP contribution in [0.2, 0.25) is 0 Å². The van der Waals surface area contributed by atoms with E-state index in [0.717, 1.165) is 180 Å². The third-order valence-corrected chi connectivity index (χ3v) is 18.9. The van der Waals surface area contributed by atoms with Crippen molar-refractivity contribution in [1.82, 2.24) is 0 Å². The molecular formula is C93H150O16P2. The molecule has 0 aliphatic heterocycles. The predicted octanol–water partition coefficient (Wildman–Crippen LogP) is 25.7. The van der Waals surface area contributed by atoms with E-state index in [9.17, 15) is 43.5 Å². The number of phosphoric acid groups is 2. The van der Waals surface area contributed by atoms with Crippen molar-refractivity contribution in [3.8, 4) is 0 Å². The second kappa shape index (κ2) is 83.6. The number of ether oxygens (including phenoxy) is 3. The Morgan fingerprint density at radius 2 is 0.450 bits per heavy atom. The number of unbranched alkanes of at least 4 members (excludes halogenated alkanes) is 21. The van der Waals surface area contributed by atoms with Gasteiger partial charge in [0, 0.05) is 19.3 Å². The summed E-state index contributed by atoms with van der Waals surface area (Å²) >= 11 is 0. The van der Waals surface area contributed by atoms with Crippen molar-refractivity contribution in [2.24, 2.45) is 0 Å². The van der Waals surface area contributed by atoms with Crippen molar-refractivity contribution in [2.75, 3.05) is 39.6 Å². The first-order valence-electron chi connectivity index (χ1n) is 42.4. The monoisotopic (exact) mass is 1590 g/mol. The molecule has 5 atom stereocenters. The first-order chi connectivity index (χ1) is 54.2. The van der Waals surface area contributed by atoms with Crippen molar-refractivity contribution in [3.05, 3.63) is 207 Å². The lowest BCUT2D eigenvalue weighted by atomic mass is 10.0. The molecule has 0 heterocycles. The van der Waals surface area contributed by atoms with E-state index in [-0.39, 0.29) is 19.3 Å². The van der Waals surface area contributed by atoms with Crippen molar-refractivity contribution >= 4 is 33.6 Å². The Morgan fingerprint density at radius 1 is 0.252 bits per heavy atom. The summed E-state index contributed by atoms with van der Waals surface area (Å²) in [5.41, 5.74) is 0. The second-order valence-electron chi connectivity index (χ2n) is 27.5. The SMILES string of the molecule is CC/C=C\C/C=C\C/C=C\C/C=C\C/C=C\C/C=C\CCCCCCCCCCCCCCCCC(=O)OCC(O)COP(=O)(O)OCC(O)COP(=O)(O)OCC(COC(=O)CCCCCC/C=C\C/C=C\C/C=C\C/C=C\C/C=C\C/C=C\CC)OC(=O)CCCCC/C=C\C/C=C\C/C=C\C/C=C\C/C=C\CC. The van der Waals surface area contributed by atoms with Crippen LogP contribution in [0, 0.1) is 0 Å². The van der Waals surface area contributed by atoms with Gasteiger partial charge in [-0.25, -0.2) is 9.13 Å². The zero-order valence-corrected chi connectivity index (χ0v) is 70.6. The summed E-state index contributed by atoms with van der Waals surface area (Å²) in [7, 11) is -9.83. The molecule has 0 bridgehead atoms. The van der Waals surface area contributed by atoms with E-state index < -0.39 is 91.5 Å². The average Bonchev–Trinajstić information content (AvgIpc) is 0.900. The molecule has 0 fully saturated rings. The number of hydrogen-bond acceptors (Lipinski definition) is 14. The van der Waals surface area contributed by atoms with Crippen molar-refractivity contribution in [1.29, 1.82) is 0 Å². The molecule has 0 rings (SSSR count). The van der Waals surface area contributed by atoms with Crippen LogP contribution in [0.5, 0.6) is 0 Å². The molecule has 0 radical (unpaired) electrons. The van der Waals surface area contributed by atoms with Gasteiger partial charge in [0.05, 0.1) is 26.4 Å². The summed E-state index contributed by atoms with van der Waals surface area (Å²) in [5.74, 6) is -1.65. The van der Waals surface area contributed by atoms with Gasteiger partial charge >= 0.3 is 33.6 Å². The normalized spacial score (nSPS) is 14.9. The Hall–Kier alpha value is -5.87. The number of allylic oxidation sites excluding steroid dienone is 34. The van der Waals surface area contributed by atoms with E-state index in [4.69, 9.17) is 32.3 Å². The van der Waals surface area contributed by atoms with Crippen molar-refractivity contribution in [3.63, 3.8) is 0 Å². The van der Waals surface area contributed by atoms with Crippen LogP contribution in [0.15, 0.2) is 207 Å². The third-order valence-electron chi connectivity index (χ3n) is 17.0. The molecule has 0 aliphatic rings. The summed E-state index contributed by atoms with van der Waals surface area (Å²) < 4.78 is 61.2. The second-order valence-corrected chi connectivity index (χ2v) is 30.4. The highest BCUT2D eigenvalue weighted by Crippen LogP contribution is 2.45. The Kier molecular flexibility index (Phi) is 79.1. The number of rotatable bonds is 78. The van der Waals surface area contributed by atoms with E-state index in [0.29, 0.717) is 19.3 Å². The highest BCUT2D eigenvalue weighted by molar-refractivity contribution is 7.47. The number of hydrogen-bond donors (Lipinski definition) is 4. The summed E-state index contributed by atoms with van der Waals surface area (Å²) in [4.78, 5) is 58.8. The lowest BCUT2D eigenvalue weighted by Gasteiger charge is -2.21. The van der Waals surface area contributed by atoms with Gasteiger partial charge in [0.15, 0.2) is 6.10 Å². The van der Waals surface area contributed by atoms with Gasteiger partial charge in [-0.15, -0.1) is 0 Å². The maximum absolute atomic E-state index is 13.0. The van der Waals surface area contributed by atoms with Gasteiger partial charge in [-0.1, -0.05) is 324 Å². The van der Waals surface area contributed by atoms with Gasteiger partial charge in [0.25, 0.3) is 0 Å². The van der Waals surface area contributed by atoms with E-state index in [1.165, 1.54) is 64.2 Å². The van der Waals surface area contributed by atoms with E-state index >= 15 is 0 Å². The largest absolute Gasteiger partial charge is 0.472 e. The average molecular weight is 1590 g/mol. The summed E-state index contributed by atoms with van der Waals surface area (Å²) in [6, 6.07) is 0. The molecule has 0 aromatic carbocycles. The third kappa shape index (κ3) is 84.9. The summed E-state index contributed by atoms with van der Waals surface area (Å²) in [5, 5.41) is 20.7. The molecule has 0 amide bonds. The van der Waals surface area contributed by atoms with Crippen LogP contribution < -0.4 is 0 Å². The minimum absolute atomic E-state index is 0.0512. The molecule has 0 saturated carbocycles. The fourth-order valence-corrected chi connectivity index (χ4v) is 12.2. The van der Waals surface area contributed by atoms with Gasteiger partial charge < -0.3 is 34.2 Å². The minimum Gasteiger partial charge on any atom is -0.463 e. The Balaban J connectivity index is 4.61. The molecule has 0 saturated heterocycles. The van der Waals surface area contributed by atoms with Crippen LogP contribution in [0.3, 0.4) is 0 Å². The maximum atomic E-state index is 13.0. The first-order valence-corrected chi connectivity index (χ1v) is 45.4. The highest BCUT2D eigenvalue weighted by Gasteiger charge is 2.29. The molecule has 5 unspecified atom stereocenters. The quantitative estimate of drug-likeness (QED) is 0.0146. The van der Waals surface area contributed by atoms with Gasteiger partial charge in [0.1, 0.15) is 25.4 Å². The van der Waals surface area contributed by atoms with E-state index in [2.05, 4.69) is 227 Å². The maximum Gasteiger partial charge on any atom is 0.472 e. The number of aliphatic hydroxyl groups is 2. The van der Waals surface area contributed by atoms with Crippen LogP contribution in [0.1, 0.15) is 303 Å². The Labute approximate surface area is 673 Å². The lowest BCUT2D eigenvalue weighted by Crippen LogP contribution is -2.30. The lowest BCUT2D eigenvalue weighted by molar-refractivity contribution is -0.161. The minimum atomic E-state index is -4.96. The molecular weight excluding hydrogens is 1430 g/mol. The fraction of sp³-hybridized carbons (Fsp3) is 0.602. The molecule has 0 aromatic rings. The van der Waals surface area contributed by atoms with Crippen molar-refractivity contribution in [2.45, 2.75) is 322 Å². The molecule has 16 nitrogen and oxygen atoms in total. The first kappa shape index (κ1) is 105. The van der Waals surface area contributed by atoms with Gasteiger partial charge in [-0.05, 0) is 167 Å². The predicted molar refractivity (Wildman–Crippen MR) is 463 cm³/mol. The molecule has 4 N–H and O–H groups in total. The van der Waals surface area contributed by atoms with Gasteiger partial charge in [0.2, 0.25) is 0 Å². The molecule has 0 aromatic heterocycles. The molecule has 18 heteroatoms. The molecule has 0 spiro atoms. The van der Waals surface area contributed by atoms with E-state index in [1.54, 1.807) is 0 Å². The zero-order chi connectivity index (χ0) is 80.8. The summed E-state index contributed by atoms with van der Waals surface area (Å²) in [6.07, 6.45) is 112. The molecule has 111 heavy (non-hydrogen) atoms. The number of aliphatic hydroxyl groups excluding tert-OH is 2. The van der Waals surface area contributed by atoms with Crippen LogP contribution in [-0.2, 0) is 55.8 Å². The van der Waals surface area contributed by atoms with Crippen LogP contribution >= 0.6 is 15.6 Å². The standard InChI is InChI=1S/C93H150O16P2/c1-4-7-10-13-16-19-22-25-28-31-34-36-38-39-40-41-42-43-44-45-46-47-49-51-53-55-58-61-64-67-70-73-76-79-91(96)103-82-88(94)83-105-110(99,100)106-84-89(95)85-107-111(101,102)108-87-90(109-93(98)81-78-75-72-69-66-63-60-57-52-33-30-27-24-21-18-15-12-9-6-3)86-104-92(97)80-77-74-71-68-65-62-59-56-54-50-48-37-35-32-29-26-23-20-17-14-11-8-5-2/h7-12,16-21,25-30,34-37,39-40,42-43,50,52,54,57,59,62-63,66,88-90,94-95H,4-6,13-15,22-24,31-33,38,41,44-49,51,53,55-56,58,60-61,64-65,67-87H2,1-3H3,(H,99,100)(H,101,102)/b10-7-,11-8-,12-9-,19-16-,20-17-,21-18-,28-25-,29-26-,30-27-,36-34-,37-35-,40-39-,43-42-,54-50-,57-52-,62-59-,66-63-. The smallest absolute Gasteiger partial charge is 0.463 e. The fourth-order valence-electron chi connectivity index (χ4n) is 10.7. The molecule has 628 valence electrons.